The molecule has 0 amide bonds. The molecule has 0 bridgehead atoms. The summed E-state index contributed by atoms with van der Waals surface area (Å²) in [5.74, 6) is 2.94. The summed E-state index contributed by atoms with van der Waals surface area (Å²) in [7, 11) is 0. The van der Waals surface area contributed by atoms with Crippen LogP contribution in [-0.4, -0.2) is 5.87 Å². The van der Waals surface area contributed by atoms with Crippen LogP contribution >= 0.6 is 0 Å². The van der Waals surface area contributed by atoms with Crippen molar-refractivity contribution >= 4 is 18.1 Å². The third-order valence-corrected chi connectivity index (χ3v) is 0.351. The van der Waals surface area contributed by atoms with Crippen molar-refractivity contribution in [1.29, 1.82) is 5.46 Å². The molecular weight excluding hydrogens is 320 g/mol. The van der Waals surface area contributed by atoms with Crippen molar-refractivity contribution in [3.05, 3.63) is 30.3 Å². The molecule has 1 radical (unpaired) electrons. The van der Waals surface area contributed by atoms with Crippen molar-refractivity contribution in [1.82, 2.24) is 0 Å². The summed E-state index contributed by atoms with van der Waals surface area (Å²) < 4.78 is 7.25. The minimum Gasteiger partial charge on any atom is -0.999 e. The van der Waals surface area contributed by atoms with Gasteiger partial charge in [0.15, 0.2) is 5.87 Å². The van der Waals surface area contributed by atoms with E-state index >= 15 is 0 Å². The average Bonchev–Trinajstić information content (AvgIpc) is 2.51. The topological polar surface area (TPSA) is 43.7 Å². The van der Waals surface area contributed by atoms with Gasteiger partial charge in [0.1, 0.15) is 12.2 Å². The second kappa shape index (κ2) is 23.3. The van der Waals surface area contributed by atoms with Gasteiger partial charge in [0.25, 0.3) is 0 Å². The molecule has 1 aromatic carbocycles. The van der Waals surface area contributed by atoms with Gasteiger partial charge in [-0.05, 0) is 0 Å². The van der Waals surface area contributed by atoms with Crippen molar-refractivity contribution in [2.24, 2.45) is 0 Å². The first kappa shape index (κ1) is 16.4. The van der Waals surface area contributed by atoms with Crippen molar-refractivity contribution < 1.29 is 25.2 Å². The molecule has 0 heterocycles. The van der Waals surface area contributed by atoms with Gasteiger partial charge in [-0.3, -0.25) is 0 Å². The van der Waals surface area contributed by atoms with Crippen LogP contribution in [0.1, 0.15) is 0 Å². The maximum Gasteiger partial charge on any atom is 0 e. The van der Waals surface area contributed by atoms with Crippen molar-refractivity contribution in [3.63, 3.8) is 0 Å². The van der Waals surface area contributed by atoms with Crippen LogP contribution in [0.25, 0.3) is 0 Å². The van der Waals surface area contributed by atoms with Gasteiger partial charge >= 0.3 is 10.2 Å². The largest absolute Gasteiger partial charge is 0.999 e. The minimum absolute atomic E-state index is 0. The summed E-state index contributed by atoms with van der Waals surface area (Å²) in [5, 5.41) is 0. The van der Waals surface area contributed by atoms with Crippen LogP contribution in [0.15, 0.2) is 6.07 Å². The number of thiol groups is 1. The van der Waals surface area contributed by atoms with Crippen LogP contribution in [0.3, 0.4) is 0 Å². The number of hydrogen-bond donors (Lipinski definition) is 0. The fourth-order valence-electron chi connectivity index (χ4n) is 0.180. The normalized spacial score (nSPS) is 4.60. The Hall–Kier alpha value is -0.228. The summed E-state index contributed by atoms with van der Waals surface area (Å²) >= 11 is 3.28. The predicted octanol–water partition coefficient (Wildman–Crippen LogP) is 0.198. The third-order valence-electron chi connectivity index (χ3n) is 0.351. The molecule has 0 atom stereocenters. The van der Waals surface area contributed by atoms with E-state index in [1.54, 1.807) is 6.07 Å². The van der Waals surface area contributed by atoms with Gasteiger partial charge < -0.3 is 30.3 Å². The van der Waals surface area contributed by atoms with Crippen LogP contribution in [0.4, 0.5) is 0 Å². The molecule has 0 aliphatic rings. The quantitative estimate of drug-likeness (QED) is 0.291. The Kier molecular flexibility index (Phi) is 38.2. The number of rotatable bonds is 0. The number of nitrogens with zero attached hydrogens (tertiary/aromatic N) is 1. The molecule has 4 heteroatoms. The van der Waals surface area contributed by atoms with E-state index in [-0.39, 0.29) is 20.4 Å². The van der Waals surface area contributed by atoms with E-state index in [2.05, 4.69) is 42.4 Å². The Morgan fingerprint density at radius 2 is 1.50 bits per heavy atom. The van der Waals surface area contributed by atoms with Gasteiger partial charge in [0, 0.05) is 20.4 Å². The molecule has 1 aromatic rings. The van der Waals surface area contributed by atoms with Gasteiger partial charge in [-0.15, -0.1) is 0 Å². The van der Waals surface area contributed by atoms with Crippen LogP contribution in [-0.2, 0) is 37.4 Å². The molecule has 1 rings (SSSR count). The summed E-state index contributed by atoms with van der Waals surface area (Å²) in [6.07, 6.45) is 0. The predicted molar refractivity (Wildman–Crippen MR) is 35.7 cm³/mol. The Balaban J connectivity index is -0.0000000875. The Bertz CT molecular complexity index is 112. The van der Waals surface area contributed by atoms with Gasteiger partial charge in [-0.2, -0.15) is 0 Å². The second-order valence-corrected chi connectivity index (χ2v) is 0.683. The molecule has 0 saturated heterocycles. The first-order chi connectivity index (χ1) is 4.50. The van der Waals surface area contributed by atoms with Gasteiger partial charge in [-0.1, -0.05) is 0 Å². The fourth-order valence-corrected chi connectivity index (χ4v) is 0.180. The number of hydrogen-bond acceptors (Lipinski definition) is 1. The molecular formula is C6H4NOReS-3. The van der Waals surface area contributed by atoms with E-state index in [1.807, 2.05) is 0 Å². The first-order valence-electron chi connectivity index (χ1n) is 1.83. The Morgan fingerprint density at radius 1 is 1.20 bits per heavy atom. The zero-order valence-corrected chi connectivity index (χ0v) is 8.58. The molecule has 2 nitrogen and oxygen atoms in total. The van der Waals surface area contributed by atoms with E-state index in [0.717, 1.165) is 0 Å². The monoisotopic (exact) mass is 325 g/mol. The molecule has 0 spiro atoms. The average molecular weight is 324 g/mol. The maximum absolute atomic E-state index is 7.25. The van der Waals surface area contributed by atoms with Crippen LogP contribution in [0.2, 0.25) is 0 Å². The summed E-state index contributed by atoms with van der Waals surface area (Å²) in [4.78, 5) is 0. The minimum atomic E-state index is 0. The molecule has 0 unspecified atom stereocenters. The van der Waals surface area contributed by atoms with E-state index in [1.165, 1.54) is 0 Å². The zero-order chi connectivity index (χ0) is 7.54. The van der Waals surface area contributed by atoms with Crippen molar-refractivity contribution in [3.8, 4) is 0 Å². The molecule has 10 heavy (non-hydrogen) atoms. The SMILES string of the molecule is C=[SH+].N#[O+].[Re].[c-]1[c-][c-][cH-][c-]1. The molecule has 55 valence electrons. The second-order valence-electron chi connectivity index (χ2n) is 0.683. The Morgan fingerprint density at radius 3 is 1.60 bits per heavy atom. The molecule has 0 aliphatic heterocycles. The standard InChI is InChI=1S/C5H.CH2S.NO.Re/c1-2-4-5-3-1;2*1-2;/h1H;1H2;;/q-5;;+1;/p+1. The molecule has 0 fully saturated rings. The maximum atomic E-state index is 7.25. The molecule has 0 N–H and O–H groups in total. The van der Waals surface area contributed by atoms with E-state index in [4.69, 9.17) is 10.2 Å². The fraction of sp³-hybridized carbons (Fsp3) is 0. The van der Waals surface area contributed by atoms with Gasteiger partial charge in [0.2, 0.25) is 0 Å². The van der Waals surface area contributed by atoms with E-state index in [0.29, 0.717) is 0 Å². The first-order valence-corrected chi connectivity index (χ1v) is 2.46. The Labute approximate surface area is 79.2 Å². The van der Waals surface area contributed by atoms with Gasteiger partial charge in [-0.25, -0.2) is 0 Å². The van der Waals surface area contributed by atoms with E-state index < -0.39 is 0 Å². The van der Waals surface area contributed by atoms with Crippen LogP contribution in [0, 0.1) is 29.7 Å². The van der Waals surface area contributed by atoms with Gasteiger partial charge in [0.05, 0.1) is 0 Å². The van der Waals surface area contributed by atoms with Crippen molar-refractivity contribution in [2.45, 2.75) is 0 Å². The third kappa shape index (κ3) is 15.7. The molecule has 0 aliphatic carbocycles. The molecule has 0 aromatic heterocycles. The zero-order valence-electron chi connectivity index (χ0n) is 4.97. The van der Waals surface area contributed by atoms with Crippen LogP contribution < -0.4 is 0 Å². The van der Waals surface area contributed by atoms with Crippen LogP contribution in [0.5, 0.6) is 0 Å². The molecule has 0 saturated carbocycles. The van der Waals surface area contributed by atoms with Crippen molar-refractivity contribution in [2.75, 3.05) is 0 Å². The smallest absolute Gasteiger partial charge is 0 e. The van der Waals surface area contributed by atoms with E-state index in [9.17, 15) is 0 Å². The summed E-state index contributed by atoms with van der Waals surface area (Å²) in [6, 6.07) is 12.0. The summed E-state index contributed by atoms with van der Waals surface area (Å²) in [5.41, 5.74) is 5.75. The summed E-state index contributed by atoms with van der Waals surface area (Å²) in [6.45, 7) is 0.